The molecule has 0 atom stereocenters. The minimum absolute atomic E-state index is 0.134. The summed E-state index contributed by atoms with van der Waals surface area (Å²) >= 11 is 5.83. The molecule has 0 aliphatic rings. The molecule has 1 amide bonds. The van der Waals surface area contributed by atoms with Crippen molar-refractivity contribution in [1.82, 2.24) is 15.3 Å². The molecule has 5 nitrogen and oxygen atoms in total. The number of carbonyl (C=O) groups is 1. The molecule has 1 aromatic carbocycles. The number of anilines is 1. The van der Waals surface area contributed by atoms with E-state index in [-0.39, 0.29) is 11.4 Å². The number of amides is 1. The number of rotatable bonds is 4. The molecular weight excluding hydrogens is 300 g/mol. The average molecular weight is 319 g/mol. The van der Waals surface area contributed by atoms with Crippen LogP contribution in [0.2, 0.25) is 5.02 Å². The average Bonchev–Trinajstić information content (AvgIpc) is 2.45. The topological polar surface area (TPSA) is 66.9 Å². The first-order valence-electron chi connectivity index (χ1n) is 6.96. The van der Waals surface area contributed by atoms with E-state index in [2.05, 4.69) is 20.6 Å². The van der Waals surface area contributed by atoms with E-state index >= 15 is 0 Å². The first-order valence-corrected chi connectivity index (χ1v) is 7.34. The molecule has 0 bridgehead atoms. The van der Waals surface area contributed by atoms with Gasteiger partial charge < -0.3 is 10.6 Å². The second kappa shape index (κ2) is 6.75. The van der Waals surface area contributed by atoms with Crippen molar-refractivity contribution in [3.63, 3.8) is 0 Å². The van der Waals surface area contributed by atoms with Gasteiger partial charge in [0.15, 0.2) is 0 Å². The van der Waals surface area contributed by atoms with Crippen LogP contribution in [0.1, 0.15) is 36.8 Å². The van der Waals surface area contributed by atoms with Crippen molar-refractivity contribution in [1.29, 1.82) is 0 Å². The van der Waals surface area contributed by atoms with Crippen LogP contribution in [0.15, 0.2) is 36.7 Å². The third-order valence-corrected chi connectivity index (χ3v) is 3.02. The minimum Gasteiger partial charge on any atom is -0.365 e. The standard InChI is InChI=1S/C16H19ClN4O/c1-16(2,3)21-14-8-13(19-10-20-14)15(22)18-9-11-4-6-12(17)7-5-11/h4-8,10H,9H2,1-3H3,(H,18,22)(H,19,20,21). The van der Waals surface area contributed by atoms with Gasteiger partial charge in [-0.05, 0) is 38.5 Å². The Morgan fingerprint density at radius 3 is 2.50 bits per heavy atom. The van der Waals surface area contributed by atoms with Gasteiger partial charge in [0, 0.05) is 23.2 Å². The van der Waals surface area contributed by atoms with Crippen molar-refractivity contribution < 1.29 is 4.79 Å². The fraction of sp³-hybridized carbons (Fsp3) is 0.312. The molecule has 2 aromatic rings. The number of nitrogens with one attached hydrogen (secondary N) is 2. The van der Waals surface area contributed by atoms with Gasteiger partial charge in [-0.25, -0.2) is 9.97 Å². The Bertz CT molecular complexity index is 650. The lowest BCUT2D eigenvalue weighted by molar-refractivity contribution is 0.0945. The maximum atomic E-state index is 12.1. The predicted molar refractivity (Wildman–Crippen MR) is 88.0 cm³/mol. The summed E-state index contributed by atoms with van der Waals surface area (Å²) in [7, 11) is 0. The van der Waals surface area contributed by atoms with Crippen LogP contribution in [0.5, 0.6) is 0 Å². The summed E-state index contributed by atoms with van der Waals surface area (Å²) in [5, 5.41) is 6.71. The van der Waals surface area contributed by atoms with E-state index in [0.717, 1.165) is 5.56 Å². The van der Waals surface area contributed by atoms with Gasteiger partial charge in [-0.1, -0.05) is 23.7 Å². The van der Waals surface area contributed by atoms with Gasteiger partial charge >= 0.3 is 0 Å². The molecule has 2 N–H and O–H groups in total. The molecule has 0 aliphatic carbocycles. The molecule has 2 rings (SSSR count). The molecule has 6 heteroatoms. The van der Waals surface area contributed by atoms with E-state index in [1.165, 1.54) is 6.33 Å². The van der Waals surface area contributed by atoms with E-state index in [0.29, 0.717) is 23.1 Å². The zero-order valence-electron chi connectivity index (χ0n) is 12.9. The molecule has 0 unspecified atom stereocenters. The quantitative estimate of drug-likeness (QED) is 0.908. The summed E-state index contributed by atoms with van der Waals surface area (Å²) in [5.74, 6) is 0.383. The van der Waals surface area contributed by atoms with E-state index < -0.39 is 0 Å². The third-order valence-electron chi connectivity index (χ3n) is 2.77. The number of aromatic nitrogens is 2. The molecule has 1 aromatic heterocycles. The maximum Gasteiger partial charge on any atom is 0.270 e. The van der Waals surface area contributed by atoms with Gasteiger partial charge in [-0.3, -0.25) is 4.79 Å². The summed E-state index contributed by atoms with van der Waals surface area (Å²) in [5.41, 5.74) is 1.17. The molecule has 22 heavy (non-hydrogen) atoms. The minimum atomic E-state index is -0.241. The van der Waals surface area contributed by atoms with Crippen LogP contribution < -0.4 is 10.6 Å². The van der Waals surface area contributed by atoms with E-state index in [1.807, 2.05) is 32.9 Å². The number of halogens is 1. The first kappa shape index (κ1) is 16.2. The molecule has 0 spiro atoms. The van der Waals surface area contributed by atoms with E-state index in [4.69, 9.17) is 11.6 Å². The van der Waals surface area contributed by atoms with Crippen LogP contribution in [-0.4, -0.2) is 21.4 Å². The monoisotopic (exact) mass is 318 g/mol. The fourth-order valence-corrected chi connectivity index (χ4v) is 1.94. The highest BCUT2D eigenvalue weighted by molar-refractivity contribution is 6.30. The molecule has 0 aliphatic heterocycles. The Kier molecular flexibility index (Phi) is 4.98. The van der Waals surface area contributed by atoms with Crippen LogP contribution in [0.3, 0.4) is 0 Å². The second-order valence-corrected chi connectivity index (χ2v) is 6.41. The van der Waals surface area contributed by atoms with Crippen molar-refractivity contribution in [3.8, 4) is 0 Å². The first-order chi connectivity index (χ1) is 10.3. The highest BCUT2D eigenvalue weighted by atomic mass is 35.5. The molecule has 0 fully saturated rings. The Labute approximate surface area is 135 Å². The summed E-state index contributed by atoms with van der Waals surface area (Å²) in [6.45, 7) is 6.49. The molecule has 0 radical (unpaired) electrons. The zero-order chi connectivity index (χ0) is 16.2. The van der Waals surface area contributed by atoms with Crippen molar-refractivity contribution in [2.24, 2.45) is 0 Å². The lowest BCUT2D eigenvalue weighted by atomic mass is 10.1. The predicted octanol–water partition coefficient (Wildman–Crippen LogP) is 3.27. The van der Waals surface area contributed by atoms with Crippen LogP contribution in [0, 0.1) is 0 Å². The highest BCUT2D eigenvalue weighted by Gasteiger charge is 2.13. The normalized spacial score (nSPS) is 11.1. The summed E-state index contributed by atoms with van der Waals surface area (Å²) in [4.78, 5) is 20.3. The van der Waals surface area contributed by atoms with Crippen molar-refractivity contribution in [2.45, 2.75) is 32.9 Å². The Morgan fingerprint density at radius 1 is 1.18 bits per heavy atom. The largest absolute Gasteiger partial charge is 0.365 e. The summed E-state index contributed by atoms with van der Waals surface area (Å²) in [6.07, 6.45) is 1.38. The molecule has 116 valence electrons. The lowest BCUT2D eigenvalue weighted by Crippen LogP contribution is -2.28. The Hall–Kier alpha value is -2.14. The fourth-order valence-electron chi connectivity index (χ4n) is 1.81. The summed E-state index contributed by atoms with van der Waals surface area (Å²) in [6, 6.07) is 8.96. The van der Waals surface area contributed by atoms with Gasteiger partial charge in [0.1, 0.15) is 17.8 Å². The van der Waals surface area contributed by atoms with Crippen LogP contribution in [-0.2, 0) is 6.54 Å². The zero-order valence-corrected chi connectivity index (χ0v) is 13.6. The van der Waals surface area contributed by atoms with E-state index in [9.17, 15) is 4.79 Å². The van der Waals surface area contributed by atoms with Crippen molar-refractivity contribution in [2.75, 3.05) is 5.32 Å². The lowest BCUT2D eigenvalue weighted by Gasteiger charge is -2.21. The third kappa shape index (κ3) is 5.00. The molecule has 0 saturated carbocycles. The summed E-state index contributed by atoms with van der Waals surface area (Å²) < 4.78 is 0. The second-order valence-electron chi connectivity index (χ2n) is 5.97. The molecular formula is C16H19ClN4O. The van der Waals surface area contributed by atoms with Gasteiger partial charge in [-0.15, -0.1) is 0 Å². The number of hydrogen-bond acceptors (Lipinski definition) is 4. The van der Waals surface area contributed by atoms with Gasteiger partial charge in [0.2, 0.25) is 0 Å². The number of hydrogen-bond donors (Lipinski definition) is 2. The molecule has 1 heterocycles. The number of carbonyl (C=O) groups excluding carboxylic acids is 1. The van der Waals surface area contributed by atoms with Gasteiger partial charge in [0.05, 0.1) is 0 Å². The van der Waals surface area contributed by atoms with Crippen molar-refractivity contribution in [3.05, 3.63) is 52.9 Å². The molecule has 0 saturated heterocycles. The smallest absolute Gasteiger partial charge is 0.270 e. The van der Waals surface area contributed by atoms with E-state index in [1.54, 1.807) is 18.2 Å². The number of nitrogens with zero attached hydrogens (tertiary/aromatic N) is 2. The van der Waals surface area contributed by atoms with Gasteiger partial charge in [-0.2, -0.15) is 0 Å². The SMILES string of the molecule is CC(C)(C)Nc1cc(C(=O)NCc2ccc(Cl)cc2)ncn1. The van der Waals surface area contributed by atoms with Gasteiger partial charge in [0.25, 0.3) is 5.91 Å². The number of benzene rings is 1. The Morgan fingerprint density at radius 2 is 1.86 bits per heavy atom. The van der Waals surface area contributed by atoms with Crippen LogP contribution >= 0.6 is 11.6 Å². The van der Waals surface area contributed by atoms with Crippen LogP contribution in [0.25, 0.3) is 0 Å². The van der Waals surface area contributed by atoms with Crippen LogP contribution in [0.4, 0.5) is 5.82 Å². The van der Waals surface area contributed by atoms with Crippen molar-refractivity contribution >= 4 is 23.3 Å². The Balaban J connectivity index is 2.00. The highest BCUT2D eigenvalue weighted by Crippen LogP contribution is 2.12. The maximum absolute atomic E-state index is 12.1.